The first kappa shape index (κ1) is 21.2. The van der Waals surface area contributed by atoms with Crippen LogP contribution in [-0.2, 0) is 14.3 Å². The Morgan fingerprint density at radius 3 is 2.66 bits per heavy atom. The highest BCUT2D eigenvalue weighted by molar-refractivity contribution is 7.22. The van der Waals surface area contributed by atoms with Gasteiger partial charge in [-0.3, -0.25) is 19.7 Å². The summed E-state index contributed by atoms with van der Waals surface area (Å²) in [5.41, 5.74) is 1.20. The zero-order chi connectivity index (χ0) is 22.8. The molecular weight excluding hydrogens is 438 g/mol. The monoisotopic (exact) mass is 455 g/mol. The van der Waals surface area contributed by atoms with Crippen LogP contribution in [0.2, 0.25) is 0 Å². The third-order valence-corrected chi connectivity index (χ3v) is 5.34. The SMILES string of the molecule is CC(=O)Nc1nc2ccc(OCC3=NN(C(C)=O)C(c4ccc([N+](=O)[O-])cc4)O3)cc2s1. The van der Waals surface area contributed by atoms with Gasteiger partial charge in [-0.2, -0.15) is 5.01 Å². The number of anilines is 1. The fourth-order valence-electron chi connectivity index (χ4n) is 2.99. The minimum absolute atomic E-state index is 0.0316. The van der Waals surface area contributed by atoms with Crippen molar-refractivity contribution in [3.8, 4) is 5.75 Å². The Morgan fingerprint density at radius 2 is 2.00 bits per heavy atom. The molecular formula is C20H17N5O6S. The first-order valence-corrected chi connectivity index (χ1v) is 10.2. The number of amides is 2. The number of ether oxygens (including phenoxy) is 2. The first-order chi connectivity index (χ1) is 15.3. The molecule has 1 N–H and O–H groups in total. The predicted octanol–water partition coefficient (Wildman–Crippen LogP) is 3.43. The van der Waals surface area contributed by atoms with Gasteiger partial charge in [-0.05, 0) is 30.3 Å². The molecule has 164 valence electrons. The molecule has 1 unspecified atom stereocenters. The summed E-state index contributed by atoms with van der Waals surface area (Å²) in [5, 5.41) is 19.3. The van der Waals surface area contributed by atoms with E-state index in [4.69, 9.17) is 9.47 Å². The highest BCUT2D eigenvalue weighted by Gasteiger charge is 2.33. The first-order valence-electron chi connectivity index (χ1n) is 9.39. The molecule has 1 aromatic heterocycles. The summed E-state index contributed by atoms with van der Waals surface area (Å²) in [6.45, 7) is 2.73. The van der Waals surface area contributed by atoms with E-state index in [1.165, 1.54) is 49.4 Å². The number of aromatic nitrogens is 1. The lowest BCUT2D eigenvalue weighted by Gasteiger charge is -2.19. The van der Waals surface area contributed by atoms with Crippen LogP contribution in [0.3, 0.4) is 0 Å². The van der Waals surface area contributed by atoms with Gasteiger partial charge in [0.1, 0.15) is 5.75 Å². The third kappa shape index (κ3) is 4.49. The maximum Gasteiger partial charge on any atom is 0.269 e. The van der Waals surface area contributed by atoms with Gasteiger partial charge in [0, 0.05) is 31.5 Å². The number of fused-ring (bicyclic) bond motifs is 1. The van der Waals surface area contributed by atoms with E-state index in [0.29, 0.717) is 16.4 Å². The smallest absolute Gasteiger partial charge is 0.269 e. The van der Waals surface area contributed by atoms with Gasteiger partial charge >= 0.3 is 0 Å². The molecule has 0 radical (unpaired) electrons. The van der Waals surface area contributed by atoms with Crippen molar-refractivity contribution in [2.75, 3.05) is 11.9 Å². The van der Waals surface area contributed by atoms with Crippen molar-refractivity contribution in [3.63, 3.8) is 0 Å². The molecule has 1 atom stereocenters. The normalized spacial score (nSPS) is 15.2. The molecule has 4 rings (SSSR count). The van der Waals surface area contributed by atoms with Crippen LogP contribution in [0.4, 0.5) is 10.8 Å². The van der Waals surface area contributed by atoms with Crippen LogP contribution >= 0.6 is 11.3 Å². The molecule has 0 spiro atoms. The van der Waals surface area contributed by atoms with Gasteiger partial charge in [0.2, 0.25) is 23.9 Å². The molecule has 3 aromatic rings. The molecule has 2 heterocycles. The lowest BCUT2D eigenvalue weighted by atomic mass is 10.2. The van der Waals surface area contributed by atoms with Crippen LogP contribution in [0, 0.1) is 10.1 Å². The van der Waals surface area contributed by atoms with Crippen LogP contribution in [0.5, 0.6) is 5.75 Å². The zero-order valence-corrected chi connectivity index (χ0v) is 17.8. The highest BCUT2D eigenvalue weighted by Crippen LogP contribution is 2.31. The number of nitrogens with one attached hydrogen (secondary N) is 1. The van der Waals surface area contributed by atoms with E-state index in [2.05, 4.69) is 15.4 Å². The molecule has 12 heteroatoms. The van der Waals surface area contributed by atoms with Gasteiger partial charge in [-0.1, -0.05) is 11.3 Å². The number of benzene rings is 2. The van der Waals surface area contributed by atoms with Gasteiger partial charge in [-0.25, -0.2) is 4.98 Å². The summed E-state index contributed by atoms with van der Waals surface area (Å²) < 4.78 is 12.4. The molecule has 11 nitrogen and oxygen atoms in total. The predicted molar refractivity (Wildman–Crippen MR) is 116 cm³/mol. The van der Waals surface area contributed by atoms with Crippen LogP contribution in [0.1, 0.15) is 25.6 Å². The Balaban J connectivity index is 1.46. The Morgan fingerprint density at radius 1 is 1.25 bits per heavy atom. The van der Waals surface area contributed by atoms with Crippen molar-refractivity contribution in [2.45, 2.75) is 20.1 Å². The van der Waals surface area contributed by atoms with Crippen molar-refractivity contribution in [1.82, 2.24) is 9.99 Å². The lowest BCUT2D eigenvalue weighted by molar-refractivity contribution is -0.384. The standard InChI is InChI=1S/C20H17N5O6S/c1-11(26)21-20-22-16-8-7-15(9-17(16)32-20)30-10-18-23-24(12(2)27)19(31-18)13-3-5-14(6-4-13)25(28)29/h3-9,19H,10H2,1-2H3,(H,21,22,26). The quantitative estimate of drug-likeness (QED) is 0.444. The van der Waals surface area contributed by atoms with E-state index in [1.807, 2.05) is 0 Å². The van der Waals surface area contributed by atoms with Gasteiger partial charge in [0.05, 0.1) is 15.1 Å². The Labute approximate surface area is 185 Å². The summed E-state index contributed by atoms with van der Waals surface area (Å²) in [5.74, 6) is 0.177. The molecule has 1 aliphatic rings. The van der Waals surface area contributed by atoms with Crippen molar-refractivity contribution in [2.24, 2.45) is 5.10 Å². The summed E-state index contributed by atoms with van der Waals surface area (Å²) >= 11 is 1.32. The van der Waals surface area contributed by atoms with Gasteiger partial charge in [0.25, 0.3) is 5.69 Å². The average Bonchev–Trinajstić information content (AvgIpc) is 3.35. The number of hydrazone groups is 1. The molecule has 0 saturated carbocycles. The Hall–Kier alpha value is -4.06. The number of nitro groups is 1. The van der Waals surface area contributed by atoms with Crippen molar-refractivity contribution in [1.29, 1.82) is 0 Å². The van der Waals surface area contributed by atoms with Gasteiger partial charge < -0.3 is 14.8 Å². The molecule has 32 heavy (non-hydrogen) atoms. The second-order valence-electron chi connectivity index (χ2n) is 6.79. The van der Waals surface area contributed by atoms with Crippen molar-refractivity contribution in [3.05, 3.63) is 58.1 Å². The van der Waals surface area contributed by atoms with Gasteiger partial charge in [-0.15, -0.1) is 5.10 Å². The molecule has 2 aromatic carbocycles. The van der Waals surface area contributed by atoms with E-state index in [9.17, 15) is 19.7 Å². The summed E-state index contributed by atoms with van der Waals surface area (Å²) in [4.78, 5) is 37.9. The third-order valence-electron chi connectivity index (χ3n) is 4.41. The highest BCUT2D eigenvalue weighted by atomic mass is 32.1. The maximum atomic E-state index is 12.0. The fourth-order valence-corrected chi connectivity index (χ4v) is 3.93. The van der Waals surface area contributed by atoms with Crippen LogP contribution in [0.15, 0.2) is 47.6 Å². The lowest BCUT2D eigenvalue weighted by Crippen LogP contribution is -2.25. The number of carbonyl (C=O) groups is 2. The summed E-state index contributed by atoms with van der Waals surface area (Å²) in [7, 11) is 0. The molecule has 0 aliphatic carbocycles. The van der Waals surface area contributed by atoms with E-state index >= 15 is 0 Å². The number of carbonyl (C=O) groups excluding carboxylic acids is 2. The second kappa shape index (κ2) is 8.59. The van der Waals surface area contributed by atoms with Crippen LogP contribution in [-0.4, -0.2) is 39.2 Å². The average molecular weight is 455 g/mol. The van der Waals surface area contributed by atoms with Crippen LogP contribution < -0.4 is 10.1 Å². The Kier molecular flexibility index (Phi) is 5.69. The van der Waals surface area contributed by atoms with E-state index in [1.54, 1.807) is 18.2 Å². The van der Waals surface area contributed by atoms with Crippen molar-refractivity contribution >= 4 is 50.1 Å². The zero-order valence-electron chi connectivity index (χ0n) is 17.0. The molecule has 0 saturated heterocycles. The number of rotatable bonds is 6. The van der Waals surface area contributed by atoms with E-state index < -0.39 is 11.2 Å². The second-order valence-corrected chi connectivity index (χ2v) is 7.83. The van der Waals surface area contributed by atoms with E-state index in [-0.39, 0.29) is 30.0 Å². The number of nitro benzene ring substituents is 1. The number of hydrogen-bond acceptors (Lipinski definition) is 9. The summed E-state index contributed by atoms with van der Waals surface area (Å²) in [6, 6.07) is 11.0. The molecule has 2 amide bonds. The summed E-state index contributed by atoms with van der Waals surface area (Å²) in [6.07, 6.45) is -0.837. The topological polar surface area (TPSA) is 136 Å². The number of thiazole rings is 1. The number of hydrogen-bond donors (Lipinski definition) is 1. The van der Waals surface area contributed by atoms with Gasteiger partial charge in [0.15, 0.2) is 11.7 Å². The van der Waals surface area contributed by atoms with Crippen molar-refractivity contribution < 1.29 is 24.0 Å². The van der Waals surface area contributed by atoms with E-state index in [0.717, 1.165) is 15.2 Å². The molecule has 0 bridgehead atoms. The Bertz CT molecular complexity index is 1240. The molecule has 1 aliphatic heterocycles. The fraction of sp³-hybridized carbons (Fsp3) is 0.200. The van der Waals surface area contributed by atoms with Crippen LogP contribution in [0.25, 0.3) is 10.2 Å². The maximum absolute atomic E-state index is 12.0. The number of nitrogens with zero attached hydrogens (tertiary/aromatic N) is 4. The number of non-ortho nitro benzene ring substituents is 1. The molecule has 0 fully saturated rings. The minimum atomic E-state index is -0.837. The largest absolute Gasteiger partial charge is 0.484 e. The minimum Gasteiger partial charge on any atom is -0.484 e.